The lowest BCUT2D eigenvalue weighted by Crippen LogP contribution is -2.33. The minimum Gasteiger partial charge on any atom is -0.370 e. The predicted molar refractivity (Wildman–Crippen MR) is 44.7 cm³/mol. The van der Waals surface area contributed by atoms with Crippen LogP contribution in [0.2, 0.25) is 0 Å². The van der Waals surface area contributed by atoms with Crippen molar-refractivity contribution in [2.24, 2.45) is 10.7 Å². The van der Waals surface area contributed by atoms with E-state index in [2.05, 4.69) is 18.5 Å². The first-order valence-corrected chi connectivity index (χ1v) is 3.37. The average molecular weight is 141 g/mol. The Kier molecular flexibility index (Phi) is 4.37. The molecule has 3 nitrogen and oxygen atoms in total. The number of aliphatic imine (C=N–C) groups is 1. The highest BCUT2D eigenvalue weighted by Gasteiger charge is 1.98. The first-order chi connectivity index (χ1) is 4.76. The van der Waals surface area contributed by atoms with Crippen molar-refractivity contribution in [2.75, 3.05) is 13.6 Å². The van der Waals surface area contributed by atoms with E-state index >= 15 is 0 Å². The zero-order valence-electron chi connectivity index (χ0n) is 6.67. The van der Waals surface area contributed by atoms with Gasteiger partial charge in [0.25, 0.3) is 0 Å². The summed E-state index contributed by atoms with van der Waals surface area (Å²) >= 11 is 0. The monoisotopic (exact) mass is 141 g/mol. The third-order valence-corrected chi connectivity index (χ3v) is 1.21. The van der Waals surface area contributed by atoms with Gasteiger partial charge in [-0.25, -0.2) is 0 Å². The number of hydrogen-bond acceptors (Lipinski definition) is 1. The van der Waals surface area contributed by atoms with Crippen molar-refractivity contribution in [1.82, 2.24) is 4.90 Å². The molecular weight excluding hydrogens is 126 g/mol. The lowest BCUT2D eigenvalue weighted by molar-refractivity contribution is 0.543. The van der Waals surface area contributed by atoms with Gasteiger partial charge in [0, 0.05) is 13.6 Å². The largest absolute Gasteiger partial charge is 0.370 e. The van der Waals surface area contributed by atoms with E-state index in [1.165, 1.54) is 0 Å². The predicted octanol–water partition coefficient (Wildman–Crippen LogP) is 0.786. The van der Waals surface area contributed by atoms with Crippen molar-refractivity contribution < 1.29 is 0 Å². The number of nitrogens with two attached hydrogens (primary N) is 1. The summed E-state index contributed by atoms with van der Waals surface area (Å²) in [6.45, 7) is 6.58. The van der Waals surface area contributed by atoms with Crippen molar-refractivity contribution in [3.05, 3.63) is 12.8 Å². The molecule has 58 valence electrons. The number of nitrogens with zero attached hydrogens (tertiary/aromatic N) is 2. The molecule has 0 atom stereocenters. The van der Waals surface area contributed by atoms with Crippen LogP contribution in [-0.4, -0.2) is 24.5 Å². The third-order valence-electron chi connectivity index (χ3n) is 1.21. The lowest BCUT2D eigenvalue weighted by atomic mass is 10.4. The summed E-state index contributed by atoms with van der Waals surface area (Å²) in [4.78, 5) is 5.65. The fourth-order valence-corrected chi connectivity index (χ4v) is 0.669. The van der Waals surface area contributed by atoms with E-state index in [1.54, 1.807) is 13.2 Å². The van der Waals surface area contributed by atoms with Crippen LogP contribution in [0.15, 0.2) is 17.8 Å². The van der Waals surface area contributed by atoms with Gasteiger partial charge in [0.15, 0.2) is 5.96 Å². The maximum Gasteiger partial charge on any atom is 0.195 e. The van der Waals surface area contributed by atoms with E-state index in [0.29, 0.717) is 5.96 Å². The molecular formula is C7H15N3. The fourth-order valence-electron chi connectivity index (χ4n) is 0.669. The molecule has 0 heterocycles. The second kappa shape index (κ2) is 4.85. The topological polar surface area (TPSA) is 41.6 Å². The van der Waals surface area contributed by atoms with Crippen molar-refractivity contribution in [3.63, 3.8) is 0 Å². The zero-order valence-corrected chi connectivity index (χ0v) is 6.67. The molecule has 0 aromatic carbocycles. The molecule has 0 rings (SSSR count). The van der Waals surface area contributed by atoms with Gasteiger partial charge in [0.2, 0.25) is 0 Å². The molecule has 0 aliphatic heterocycles. The van der Waals surface area contributed by atoms with E-state index in [0.717, 1.165) is 13.0 Å². The molecule has 0 aromatic heterocycles. The summed E-state index contributed by atoms with van der Waals surface area (Å²) < 4.78 is 0. The highest BCUT2D eigenvalue weighted by atomic mass is 15.2. The van der Waals surface area contributed by atoms with Crippen molar-refractivity contribution >= 4 is 5.96 Å². The van der Waals surface area contributed by atoms with E-state index in [4.69, 9.17) is 5.73 Å². The molecule has 0 radical (unpaired) electrons. The average Bonchev–Trinajstić information content (AvgIpc) is 1.99. The normalized spacial score (nSPS) is 11.2. The molecule has 10 heavy (non-hydrogen) atoms. The summed E-state index contributed by atoms with van der Waals surface area (Å²) in [6, 6.07) is 0. The molecule has 0 aromatic rings. The van der Waals surface area contributed by atoms with Gasteiger partial charge in [-0.3, -0.25) is 4.99 Å². The Hall–Kier alpha value is -0.990. The Morgan fingerprint density at radius 3 is 2.70 bits per heavy atom. The molecule has 0 amide bonds. The molecule has 0 saturated heterocycles. The van der Waals surface area contributed by atoms with E-state index < -0.39 is 0 Å². The van der Waals surface area contributed by atoms with E-state index in [9.17, 15) is 0 Å². The highest BCUT2D eigenvalue weighted by Crippen LogP contribution is 1.89. The van der Waals surface area contributed by atoms with Crippen LogP contribution < -0.4 is 5.73 Å². The van der Waals surface area contributed by atoms with Crippen molar-refractivity contribution in [2.45, 2.75) is 13.3 Å². The fraction of sp³-hybridized carbons (Fsp3) is 0.571. The summed E-state index contributed by atoms with van der Waals surface area (Å²) in [7, 11) is 1.67. The Bertz CT molecular complexity index is 129. The van der Waals surface area contributed by atoms with Crippen molar-refractivity contribution in [3.8, 4) is 0 Å². The smallest absolute Gasteiger partial charge is 0.195 e. The number of rotatable bonds is 3. The molecule has 0 saturated carbocycles. The Balaban J connectivity index is 3.93. The van der Waals surface area contributed by atoms with Gasteiger partial charge in [0.1, 0.15) is 0 Å². The Morgan fingerprint density at radius 1 is 1.80 bits per heavy atom. The third kappa shape index (κ3) is 2.53. The van der Waals surface area contributed by atoms with Crippen LogP contribution in [0.1, 0.15) is 13.3 Å². The van der Waals surface area contributed by atoms with Gasteiger partial charge >= 0.3 is 0 Å². The quantitative estimate of drug-likeness (QED) is 0.466. The van der Waals surface area contributed by atoms with Gasteiger partial charge in [-0.1, -0.05) is 13.5 Å². The molecule has 2 N–H and O–H groups in total. The molecule has 0 aliphatic rings. The van der Waals surface area contributed by atoms with Crippen LogP contribution in [-0.2, 0) is 0 Å². The Labute approximate surface area is 62.2 Å². The van der Waals surface area contributed by atoms with Gasteiger partial charge in [-0.2, -0.15) is 0 Å². The second-order valence-corrected chi connectivity index (χ2v) is 1.96. The maximum atomic E-state index is 5.52. The Morgan fingerprint density at radius 2 is 2.40 bits per heavy atom. The van der Waals surface area contributed by atoms with Crippen LogP contribution in [0.5, 0.6) is 0 Å². The summed E-state index contributed by atoms with van der Waals surface area (Å²) in [6.07, 6.45) is 2.73. The standard InChI is InChI=1S/C7H15N3/c1-4-6-10(5-2)7(8)9-3/h5H,2,4,6H2,1,3H3,(H2,8,9). The maximum absolute atomic E-state index is 5.52. The minimum atomic E-state index is 0.525. The summed E-state index contributed by atoms with van der Waals surface area (Å²) in [5, 5.41) is 0. The molecule has 0 unspecified atom stereocenters. The van der Waals surface area contributed by atoms with Crippen molar-refractivity contribution in [1.29, 1.82) is 0 Å². The SMILES string of the molecule is C=CN(CCC)C(N)=NC. The number of guanidine groups is 1. The van der Waals surface area contributed by atoms with Gasteiger partial charge < -0.3 is 10.6 Å². The second-order valence-electron chi connectivity index (χ2n) is 1.96. The lowest BCUT2D eigenvalue weighted by Gasteiger charge is -2.16. The molecule has 3 heteroatoms. The summed E-state index contributed by atoms with van der Waals surface area (Å²) in [5.41, 5.74) is 5.52. The molecule has 0 spiro atoms. The van der Waals surface area contributed by atoms with Crippen LogP contribution in [0.25, 0.3) is 0 Å². The summed E-state index contributed by atoms with van der Waals surface area (Å²) in [5.74, 6) is 0.525. The molecule has 0 aliphatic carbocycles. The highest BCUT2D eigenvalue weighted by molar-refractivity contribution is 5.78. The van der Waals surface area contributed by atoms with E-state index in [1.807, 2.05) is 4.90 Å². The van der Waals surface area contributed by atoms with Crippen LogP contribution in [0, 0.1) is 0 Å². The molecule has 0 bridgehead atoms. The zero-order chi connectivity index (χ0) is 7.98. The number of hydrogen-bond donors (Lipinski definition) is 1. The van der Waals surface area contributed by atoms with Crippen LogP contribution in [0.4, 0.5) is 0 Å². The van der Waals surface area contributed by atoms with Gasteiger partial charge in [-0.05, 0) is 12.6 Å². The van der Waals surface area contributed by atoms with Crippen LogP contribution in [0.3, 0.4) is 0 Å². The van der Waals surface area contributed by atoms with E-state index in [-0.39, 0.29) is 0 Å². The van der Waals surface area contributed by atoms with Gasteiger partial charge in [0.05, 0.1) is 0 Å². The van der Waals surface area contributed by atoms with Crippen LogP contribution >= 0.6 is 0 Å². The minimum absolute atomic E-state index is 0.525. The first-order valence-electron chi connectivity index (χ1n) is 3.37. The van der Waals surface area contributed by atoms with Gasteiger partial charge in [-0.15, -0.1) is 0 Å². The first kappa shape index (κ1) is 9.01. The molecule has 0 fully saturated rings.